The molecule has 0 aliphatic heterocycles. The minimum atomic E-state index is -4.35. The average Bonchev–Trinajstić information content (AvgIpc) is 2.74. The Morgan fingerprint density at radius 3 is 2.74 bits per heavy atom. The van der Waals surface area contributed by atoms with Crippen molar-refractivity contribution in [1.29, 1.82) is 0 Å². The number of nitrogens with one attached hydrogen (secondary N) is 1. The second-order valence-corrected chi connectivity index (χ2v) is 5.19. The number of para-hydroxylation sites is 1. The number of alkyl halides is 3. The van der Waals surface area contributed by atoms with Crippen molar-refractivity contribution in [2.24, 2.45) is 0 Å². The molecule has 2 rings (SSSR count). The molecule has 0 atom stereocenters. The van der Waals surface area contributed by atoms with Crippen LogP contribution >= 0.6 is 36.2 Å². The van der Waals surface area contributed by atoms with Gasteiger partial charge in [-0.3, -0.25) is 0 Å². The van der Waals surface area contributed by atoms with Gasteiger partial charge in [0.1, 0.15) is 5.69 Å². The normalized spacial score (nSPS) is 11.6. The first-order valence-corrected chi connectivity index (χ1v) is 6.54. The fraction of sp³-hybridized carbons (Fsp3) is 0.100. The van der Waals surface area contributed by atoms with Crippen molar-refractivity contribution < 1.29 is 13.2 Å². The highest BCUT2D eigenvalue weighted by atomic mass is 35.5. The molecule has 0 aliphatic carbocycles. The molecule has 0 unspecified atom stereocenters. The molecular weight excluding hydrogens is 319 g/mol. The third-order valence-corrected chi connectivity index (χ3v) is 3.35. The van der Waals surface area contributed by atoms with Crippen molar-refractivity contribution in [1.82, 2.24) is 9.78 Å². The van der Waals surface area contributed by atoms with Gasteiger partial charge < -0.3 is 4.72 Å². The zero-order valence-corrected chi connectivity index (χ0v) is 11.6. The van der Waals surface area contributed by atoms with Crippen LogP contribution in [0.4, 0.5) is 18.9 Å². The highest BCUT2D eigenvalue weighted by molar-refractivity contribution is 8.00. The van der Waals surface area contributed by atoms with Crippen LogP contribution in [0.25, 0.3) is 5.69 Å². The summed E-state index contributed by atoms with van der Waals surface area (Å²) in [6, 6.07) is 5.00. The number of halogens is 4. The number of benzene rings is 1. The molecule has 1 N–H and O–H groups in total. The lowest BCUT2D eigenvalue weighted by Gasteiger charge is -2.10. The third kappa shape index (κ3) is 3.52. The highest BCUT2D eigenvalue weighted by Crippen LogP contribution is 2.37. The topological polar surface area (TPSA) is 29.9 Å². The molecule has 0 fully saturated rings. The third-order valence-electron chi connectivity index (χ3n) is 2.13. The van der Waals surface area contributed by atoms with Crippen LogP contribution in [-0.4, -0.2) is 15.3 Å². The number of thiol groups is 1. The first-order chi connectivity index (χ1) is 8.90. The summed E-state index contributed by atoms with van der Waals surface area (Å²) in [5.41, 5.74) is -3.37. The molecule has 1 aromatic heterocycles. The molecule has 102 valence electrons. The highest BCUT2D eigenvalue weighted by Gasteiger charge is 2.30. The number of nitrogens with zero attached hydrogens (tertiary/aromatic N) is 2. The Bertz CT molecular complexity index is 586. The Morgan fingerprint density at radius 1 is 1.37 bits per heavy atom. The molecule has 2 aromatic rings. The van der Waals surface area contributed by atoms with Crippen molar-refractivity contribution in [2.45, 2.75) is 10.4 Å². The predicted octanol–water partition coefficient (Wildman–Crippen LogP) is 4.39. The molecular formula is C10H7ClF3N3S2. The fourth-order valence-corrected chi connectivity index (χ4v) is 2.41. The van der Waals surface area contributed by atoms with Gasteiger partial charge in [-0.05, 0) is 23.9 Å². The molecule has 0 saturated heterocycles. The number of thioether (sulfide) groups is 1. The van der Waals surface area contributed by atoms with Crippen LogP contribution < -0.4 is 4.72 Å². The standard InChI is InChI=1S/C10H7ClF3N3S2/c11-7-2-1-3-8(16-18)9(7)17-5-6(4-15-17)19-10(12,13)14/h1-5,16,18H. The van der Waals surface area contributed by atoms with Crippen LogP contribution in [0.15, 0.2) is 35.5 Å². The SMILES string of the molecule is FC(F)(F)Sc1cnn(-c2c(Cl)cccc2NS)c1. The molecule has 19 heavy (non-hydrogen) atoms. The molecule has 1 heterocycles. The van der Waals surface area contributed by atoms with E-state index in [-0.39, 0.29) is 16.7 Å². The molecule has 0 radical (unpaired) electrons. The molecule has 9 heteroatoms. The molecule has 0 aliphatic rings. The molecule has 0 amide bonds. The van der Waals surface area contributed by atoms with Gasteiger partial charge in [-0.25, -0.2) is 4.68 Å². The summed E-state index contributed by atoms with van der Waals surface area (Å²) in [7, 11) is 0. The van der Waals surface area contributed by atoms with Crippen LogP contribution in [0.5, 0.6) is 0 Å². The Kier molecular flexibility index (Phi) is 4.22. The summed E-state index contributed by atoms with van der Waals surface area (Å²) in [5, 5.41) is 4.23. The average molecular weight is 326 g/mol. The van der Waals surface area contributed by atoms with Gasteiger partial charge in [0.2, 0.25) is 0 Å². The Hall–Kier alpha value is -0.990. The van der Waals surface area contributed by atoms with E-state index in [4.69, 9.17) is 11.6 Å². The van der Waals surface area contributed by atoms with Crippen molar-refractivity contribution in [2.75, 3.05) is 4.72 Å². The van der Waals surface area contributed by atoms with Gasteiger partial charge in [-0.2, -0.15) is 18.3 Å². The maximum Gasteiger partial charge on any atom is 0.446 e. The largest absolute Gasteiger partial charge is 0.446 e. The number of hydrogen-bond acceptors (Lipinski definition) is 4. The van der Waals surface area contributed by atoms with Crippen molar-refractivity contribution in [3.63, 3.8) is 0 Å². The van der Waals surface area contributed by atoms with E-state index in [1.165, 1.54) is 10.9 Å². The molecule has 0 saturated carbocycles. The van der Waals surface area contributed by atoms with E-state index in [9.17, 15) is 13.2 Å². The molecule has 0 spiro atoms. The second-order valence-electron chi connectivity index (χ2n) is 3.42. The first-order valence-electron chi connectivity index (χ1n) is 4.90. The molecule has 1 aromatic carbocycles. The number of rotatable bonds is 3. The van der Waals surface area contributed by atoms with Gasteiger partial charge in [-0.15, -0.1) is 0 Å². The maximum atomic E-state index is 12.3. The van der Waals surface area contributed by atoms with Crippen LogP contribution in [0.2, 0.25) is 5.02 Å². The summed E-state index contributed by atoms with van der Waals surface area (Å²) >= 11 is 9.71. The van der Waals surface area contributed by atoms with E-state index < -0.39 is 5.51 Å². The lowest BCUT2D eigenvalue weighted by molar-refractivity contribution is -0.0328. The Balaban J connectivity index is 2.38. The summed E-state index contributed by atoms with van der Waals surface area (Å²) in [5.74, 6) is 0. The van der Waals surface area contributed by atoms with E-state index >= 15 is 0 Å². The summed E-state index contributed by atoms with van der Waals surface area (Å²) in [6.45, 7) is 0. The first kappa shape index (κ1) is 14.4. The summed E-state index contributed by atoms with van der Waals surface area (Å²) < 4.78 is 40.6. The maximum absolute atomic E-state index is 12.3. The van der Waals surface area contributed by atoms with Crippen LogP contribution in [0.1, 0.15) is 0 Å². The quantitative estimate of drug-likeness (QED) is 0.648. The second kappa shape index (κ2) is 5.56. The van der Waals surface area contributed by atoms with Gasteiger partial charge in [0.05, 0.1) is 21.8 Å². The molecule has 0 bridgehead atoms. The Morgan fingerprint density at radius 2 is 2.11 bits per heavy atom. The van der Waals surface area contributed by atoms with Gasteiger partial charge >= 0.3 is 5.51 Å². The number of aromatic nitrogens is 2. The predicted molar refractivity (Wildman–Crippen MR) is 73.1 cm³/mol. The van der Waals surface area contributed by atoms with Crippen LogP contribution in [0.3, 0.4) is 0 Å². The van der Waals surface area contributed by atoms with E-state index in [0.29, 0.717) is 16.4 Å². The summed E-state index contributed by atoms with van der Waals surface area (Å²) in [4.78, 5) is -0.0162. The smallest absolute Gasteiger partial charge is 0.330 e. The Labute approximate surface area is 121 Å². The number of hydrogen-bond donors (Lipinski definition) is 2. The van der Waals surface area contributed by atoms with Crippen molar-refractivity contribution >= 4 is 41.9 Å². The lowest BCUT2D eigenvalue weighted by Crippen LogP contribution is -2.00. The van der Waals surface area contributed by atoms with E-state index in [1.54, 1.807) is 18.2 Å². The van der Waals surface area contributed by atoms with E-state index in [1.807, 2.05) is 0 Å². The van der Waals surface area contributed by atoms with Crippen LogP contribution in [0, 0.1) is 0 Å². The number of anilines is 1. The summed E-state index contributed by atoms with van der Waals surface area (Å²) in [6.07, 6.45) is 2.39. The minimum absolute atomic E-state index is 0.0162. The van der Waals surface area contributed by atoms with Crippen molar-refractivity contribution in [3.05, 3.63) is 35.6 Å². The van der Waals surface area contributed by atoms with E-state index in [2.05, 4.69) is 22.6 Å². The van der Waals surface area contributed by atoms with Gasteiger partial charge in [0.25, 0.3) is 0 Å². The van der Waals surface area contributed by atoms with E-state index in [0.717, 1.165) is 6.20 Å². The monoisotopic (exact) mass is 325 g/mol. The van der Waals surface area contributed by atoms with Gasteiger partial charge in [-0.1, -0.05) is 30.5 Å². The minimum Gasteiger partial charge on any atom is -0.330 e. The lowest BCUT2D eigenvalue weighted by atomic mass is 10.3. The van der Waals surface area contributed by atoms with Gasteiger partial charge in [0.15, 0.2) is 0 Å². The van der Waals surface area contributed by atoms with Crippen LogP contribution in [-0.2, 0) is 0 Å². The fourth-order valence-electron chi connectivity index (χ4n) is 1.45. The van der Waals surface area contributed by atoms with Crippen molar-refractivity contribution in [3.8, 4) is 5.69 Å². The van der Waals surface area contributed by atoms with Gasteiger partial charge in [0, 0.05) is 6.20 Å². The zero-order chi connectivity index (χ0) is 14.0. The molecule has 3 nitrogen and oxygen atoms in total. The zero-order valence-electron chi connectivity index (χ0n) is 9.15.